The fourth-order valence-electron chi connectivity index (χ4n) is 3.19. The number of rotatable bonds is 7. The highest BCUT2D eigenvalue weighted by Gasteiger charge is 2.29. The summed E-state index contributed by atoms with van der Waals surface area (Å²) in [4.78, 5) is 24.3. The van der Waals surface area contributed by atoms with Gasteiger partial charge in [-0.15, -0.1) is 0 Å². The Balaban J connectivity index is 1.71. The van der Waals surface area contributed by atoms with E-state index in [1.807, 2.05) is 25.1 Å². The van der Waals surface area contributed by atoms with Crippen LogP contribution >= 0.6 is 0 Å². The summed E-state index contributed by atoms with van der Waals surface area (Å²) in [5.74, 6) is 0.251. The van der Waals surface area contributed by atoms with Crippen LogP contribution in [0.1, 0.15) is 36.8 Å². The molecule has 1 fully saturated rings. The van der Waals surface area contributed by atoms with E-state index in [1.165, 1.54) is 5.56 Å². The minimum absolute atomic E-state index is 0.0258. The Labute approximate surface area is 144 Å². The molecule has 24 heavy (non-hydrogen) atoms. The van der Waals surface area contributed by atoms with Crippen LogP contribution in [0.25, 0.3) is 0 Å². The van der Waals surface area contributed by atoms with E-state index >= 15 is 0 Å². The Hall–Kier alpha value is -1.88. The summed E-state index contributed by atoms with van der Waals surface area (Å²) in [6.45, 7) is 3.69. The van der Waals surface area contributed by atoms with Crippen molar-refractivity contribution in [3.8, 4) is 0 Å². The first-order valence-electron chi connectivity index (χ1n) is 8.70. The van der Waals surface area contributed by atoms with E-state index in [2.05, 4.69) is 16.7 Å². The minimum atomic E-state index is 0.0258. The number of ether oxygens (including phenoxy) is 1. The van der Waals surface area contributed by atoms with Crippen LogP contribution in [0.3, 0.4) is 0 Å². The van der Waals surface area contributed by atoms with Gasteiger partial charge in [0, 0.05) is 32.0 Å². The van der Waals surface area contributed by atoms with Gasteiger partial charge in [0.2, 0.25) is 11.8 Å². The summed E-state index contributed by atoms with van der Waals surface area (Å²) in [6.07, 6.45) is 3.12. The van der Waals surface area contributed by atoms with Crippen LogP contribution in [-0.4, -0.2) is 32.1 Å². The highest BCUT2D eigenvalue weighted by atomic mass is 16.5. The molecule has 1 aromatic rings. The largest absolute Gasteiger partial charge is 0.383 e. The van der Waals surface area contributed by atoms with Crippen LogP contribution in [0, 0.1) is 18.8 Å². The van der Waals surface area contributed by atoms with Crippen molar-refractivity contribution in [2.45, 2.75) is 39.2 Å². The van der Waals surface area contributed by atoms with Crippen LogP contribution in [-0.2, 0) is 20.9 Å². The summed E-state index contributed by atoms with van der Waals surface area (Å²) < 4.78 is 4.93. The molecule has 0 radical (unpaired) electrons. The molecular formula is C19H28N2O3. The fourth-order valence-corrected chi connectivity index (χ4v) is 3.19. The van der Waals surface area contributed by atoms with Crippen molar-refractivity contribution in [2.24, 2.45) is 11.8 Å². The number of amides is 2. The lowest BCUT2D eigenvalue weighted by Crippen LogP contribution is -2.38. The Morgan fingerprint density at radius 2 is 1.71 bits per heavy atom. The van der Waals surface area contributed by atoms with E-state index in [1.54, 1.807) is 7.11 Å². The third-order valence-corrected chi connectivity index (χ3v) is 4.62. The molecule has 0 atom stereocenters. The zero-order valence-electron chi connectivity index (χ0n) is 14.6. The van der Waals surface area contributed by atoms with E-state index < -0.39 is 0 Å². The summed E-state index contributed by atoms with van der Waals surface area (Å²) in [5, 5.41) is 5.91. The van der Waals surface area contributed by atoms with Gasteiger partial charge in [-0.05, 0) is 38.2 Å². The topological polar surface area (TPSA) is 67.4 Å². The molecule has 2 rings (SSSR count). The maximum Gasteiger partial charge on any atom is 0.223 e. The molecule has 0 saturated heterocycles. The zero-order valence-corrected chi connectivity index (χ0v) is 14.6. The van der Waals surface area contributed by atoms with Crippen LogP contribution in [0.5, 0.6) is 0 Å². The van der Waals surface area contributed by atoms with Crippen LogP contribution < -0.4 is 10.6 Å². The molecule has 132 valence electrons. The van der Waals surface area contributed by atoms with Crippen molar-refractivity contribution in [1.29, 1.82) is 0 Å². The number of carbonyl (C=O) groups excluding carboxylic acids is 2. The van der Waals surface area contributed by atoms with Crippen molar-refractivity contribution in [3.05, 3.63) is 35.4 Å². The van der Waals surface area contributed by atoms with Gasteiger partial charge in [-0.3, -0.25) is 9.59 Å². The lowest BCUT2D eigenvalue weighted by Gasteiger charge is -2.27. The van der Waals surface area contributed by atoms with Gasteiger partial charge < -0.3 is 15.4 Å². The third kappa shape index (κ3) is 5.64. The van der Waals surface area contributed by atoms with Crippen molar-refractivity contribution in [1.82, 2.24) is 10.6 Å². The quantitative estimate of drug-likeness (QED) is 0.752. The molecule has 2 N–H and O–H groups in total. The van der Waals surface area contributed by atoms with E-state index in [4.69, 9.17) is 4.74 Å². The Morgan fingerprint density at radius 3 is 2.29 bits per heavy atom. The smallest absolute Gasteiger partial charge is 0.223 e. The monoisotopic (exact) mass is 332 g/mol. The van der Waals surface area contributed by atoms with Gasteiger partial charge in [0.15, 0.2) is 0 Å². The number of methoxy groups -OCH3 is 1. The van der Waals surface area contributed by atoms with Crippen LogP contribution in [0.4, 0.5) is 0 Å². The predicted molar refractivity (Wildman–Crippen MR) is 93.4 cm³/mol. The van der Waals surface area contributed by atoms with Gasteiger partial charge in [-0.2, -0.15) is 0 Å². The fraction of sp³-hybridized carbons (Fsp3) is 0.579. The highest BCUT2D eigenvalue weighted by molar-refractivity contribution is 5.81. The number of nitrogens with one attached hydrogen (secondary N) is 2. The molecule has 1 saturated carbocycles. The second kappa shape index (κ2) is 9.42. The van der Waals surface area contributed by atoms with E-state index in [-0.39, 0.29) is 23.7 Å². The highest BCUT2D eigenvalue weighted by Crippen LogP contribution is 2.29. The van der Waals surface area contributed by atoms with E-state index in [0.29, 0.717) is 19.7 Å². The first-order chi connectivity index (χ1) is 11.6. The average Bonchev–Trinajstić information content (AvgIpc) is 2.60. The number of aryl methyl sites for hydroxylation is 1. The number of benzene rings is 1. The maximum absolute atomic E-state index is 12.3. The van der Waals surface area contributed by atoms with Gasteiger partial charge in [0.25, 0.3) is 0 Å². The molecule has 5 nitrogen and oxygen atoms in total. The van der Waals surface area contributed by atoms with Crippen molar-refractivity contribution >= 4 is 11.8 Å². The molecule has 5 heteroatoms. The number of hydrogen-bond acceptors (Lipinski definition) is 3. The lowest BCUT2D eigenvalue weighted by molar-refractivity contribution is -0.130. The molecule has 0 bridgehead atoms. The molecule has 1 aliphatic carbocycles. The van der Waals surface area contributed by atoms with Gasteiger partial charge >= 0.3 is 0 Å². The summed E-state index contributed by atoms with van der Waals surface area (Å²) in [5.41, 5.74) is 2.32. The van der Waals surface area contributed by atoms with Crippen molar-refractivity contribution in [2.75, 3.05) is 20.3 Å². The second-order valence-electron chi connectivity index (χ2n) is 6.54. The molecule has 1 aliphatic rings. The summed E-state index contributed by atoms with van der Waals surface area (Å²) in [7, 11) is 1.62. The maximum atomic E-state index is 12.3. The molecule has 1 aromatic carbocycles. The number of hydrogen-bond donors (Lipinski definition) is 2. The molecule has 0 aliphatic heterocycles. The van der Waals surface area contributed by atoms with E-state index in [9.17, 15) is 9.59 Å². The van der Waals surface area contributed by atoms with Crippen LogP contribution in [0.15, 0.2) is 24.3 Å². The average molecular weight is 332 g/mol. The minimum Gasteiger partial charge on any atom is -0.383 e. The molecular weight excluding hydrogens is 304 g/mol. The van der Waals surface area contributed by atoms with Crippen molar-refractivity contribution in [3.63, 3.8) is 0 Å². The van der Waals surface area contributed by atoms with Gasteiger partial charge in [0.1, 0.15) is 0 Å². The normalized spacial score (nSPS) is 20.4. The Bertz CT molecular complexity index is 551. The number of carbonyl (C=O) groups is 2. The first kappa shape index (κ1) is 18.5. The van der Waals surface area contributed by atoms with Gasteiger partial charge in [-0.25, -0.2) is 0 Å². The zero-order chi connectivity index (χ0) is 17.4. The van der Waals surface area contributed by atoms with E-state index in [0.717, 1.165) is 31.2 Å². The SMILES string of the molecule is COCCNC(=O)C1CCC(C(=O)NCc2cccc(C)c2)CC1. The first-order valence-corrected chi connectivity index (χ1v) is 8.70. The van der Waals surface area contributed by atoms with Crippen molar-refractivity contribution < 1.29 is 14.3 Å². The predicted octanol–water partition coefficient (Wildman–Crippen LogP) is 2.18. The lowest BCUT2D eigenvalue weighted by atomic mass is 9.81. The van der Waals surface area contributed by atoms with Gasteiger partial charge in [0.05, 0.1) is 6.61 Å². The summed E-state index contributed by atoms with van der Waals surface area (Å²) in [6, 6.07) is 8.16. The molecule has 0 aromatic heterocycles. The Morgan fingerprint density at radius 1 is 1.08 bits per heavy atom. The standard InChI is InChI=1S/C19H28N2O3/c1-14-4-3-5-15(12-14)13-21-19(23)17-8-6-16(7-9-17)18(22)20-10-11-24-2/h3-5,12,16-17H,6-11,13H2,1-2H3,(H,20,22)(H,21,23). The molecule has 0 unspecified atom stereocenters. The molecule has 2 amide bonds. The second-order valence-corrected chi connectivity index (χ2v) is 6.54. The molecule has 0 spiro atoms. The summed E-state index contributed by atoms with van der Waals surface area (Å²) >= 11 is 0. The van der Waals surface area contributed by atoms with Crippen LogP contribution in [0.2, 0.25) is 0 Å². The third-order valence-electron chi connectivity index (χ3n) is 4.62. The molecule has 0 heterocycles. The van der Waals surface area contributed by atoms with Gasteiger partial charge in [-0.1, -0.05) is 29.8 Å². The Kier molecular flexibility index (Phi) is 7.25.